The third kappa shape index (κ3) is 6.33. The van der Waals surface area contributed by atoms with Gasteiger partial charge in [-0.3, -0.25) is 5.10 Å². The van der Waals surface area contributed by atoms with Gasteiger partial charge in [-0.15, -0.1) is 24.0 Å². The molecular weight excluding hydrogens is 471 g/mol. The fourth-order valence-electron chi connectivity index (χ4n) is 3.12. The minimum atomic E-state index is -0.159. The molecule has 0 amide bonds. The number of benzene rings is 1. The second-order valence-electron chi connectivity index (χ2n) is 6.68. The molecule has 9 heteroatoms. The number of aliphatic imine (C=N–C) groups is 1. The van der Waals surface area contributed by atoms with Gasteiger partial charge < -0.3 is 20.5 Å². The van der Waals surface area contributed by atoms with E-state index in [9.17, 15) is 5.11 Å². The summed E-state index contributed by atoms with van der Waals surface area (Å²) in [7, 11) is 1.64. The minimum Gasteiger partial charge on any atom is -0.497 e. The van der Waals surface area contributed by atoms with Crippen molar-refractivity contribution >= 4 is 29.9 Å². The Morgan fingerprint density at radius 2 is 1.96 bits per heavy atom. The topological polar surface area (TPSA) is 107 Å². The number of halogens is 1. The van der Waals surface area contributed by atoms with Gasteiger partial charge in [0.25, 0.3) is 0 Å². The number of nitrogens with one attached hydrogen (secondary N) is 3. The highest BCUT2D eigenvalue weighted by atomic mass is 127. The number of aromatic nitrogens is 3. The molecule has 154 valence electrons. The molecule has 1 fully saturated rings. The van der Waals surface area contributed by atoms with Crippen LogP contribution in [0.3, 0.4) is 0 Å². The molecule has 0 saturated heterocycles. The van der Waals surface area contributed by atoms with Gasteiger partial charge in [0, 0.05) is 18.2 Å². The van der Waals surface area contributed by atoms with E-state index in [0.29, 0.717) is 24.2 Å². The van der Waals surface area contributed by atoms with Crippen molar-refractivity contribution in [3.05, 3.63) is 30.1 Å². The van der Waals surface area contributed by atoms with Gasteiger partial charge in [0.2, 0.25) is 0 Å². The van der Waals surface area contributed by atoms with Gasteiger partial charge in [0.1, 0.15) is 18.1 Å². The Balaban J connectivity index is 0.00000280. The van der Waals surface area contributed by atoms with E-state index in [0.717, 1.165) is 49.5 Å². The van der Waals surface area contributed by atoms with E-state index in [2.05, 4.69) is 30.8 Å². The Morgan fingerprint density at radius 1 is 1.25 bits per heavy atom. The van der Waals surface area contributed by atoms with Crippen LogP contribution in [0, 0.1) is 0 Å². The Hall–Kier alpha value is -1.88. The van der Waals surface area contributed by atoms with Crippen LogP contribution < -0.4 is 15.4 Å². The summed E-state index contributed by atoms with van der Waals surface area (Å²) in [4.78, 5) is 9.13. The number of methoxy groups -OCH3 is 1. The molecule has 0 atom stereocenters. The molecule has 1 saturated carbocycles. The summed E-state index contributed by atoms with van der Waals surface area (Å²) in [5, 5.41) is 23.6. The van der Waals surface area contributed by atoms with E-state index in [-0.39, 0.29) is 30.1 Å². The molecule has 1 aliphatic carbocycles. The van der Waals surface area contributed by atoms with Crippen LogP contribution in [0.2, 0.25) is 0 Å². The molecule has 3 rings (SSSR count). The van der Waals surface area contributed by atoms with Gasteiger partial charge in [-0.1, -0.05) is 0 Å². The van der Waals surface area contributed by atoms with Gasteiger partial charge >= 0.3 is 0 Å². The molecule has 8 nitrogen and oxygen atoms in total. The van der Waals surface area contributed by atoms with Crippen molar-refractivity contribution in [2.45, 2.75) is 51.3 Å². The molecular formula is C19H29IN6O2. The van der Waals surface area contributed by atoms with Crippen molar-refractivity contribution in [3.63, 3.8) is 0 Å². The van der Waals surface area contributed by atoms with Crippen LogP contribution in [0.15, 0.2) is 29.3 Å². The maximum absolute atomic E-state index is 9.64. The van der Waals surface area contributed by atoms with Crippen LogP contribution in [0.4, 0.5) is 0 Å². The Bertz CT molecular complexity index is 741. The number of hydrogen-bond donors (Lipinski definition) is 4. The molecule has 1 heterocycles. The standard InChI is InChI=1S/C19H28N6O2.HI/c1-3-20-19(22-14-6-8-15(26)9-7-14)21-12-17-23-18(25-24-17)13-4-10-16(27-2)11-5-13;/h4-5,10-11,14-15,26H,3,6-9,12H2,1-2H3,(H2,20,21,22)(H,23,24,25);1H. The highest BCUT2D eigenvalue weighted by Gasteiger charge is 2.20. The SMILES string of the molecule is CCNC(=NCc1nc(-c2ccc(OC)cc2)n[nH]1)NC1CCC(O)CC1.I. The Labute approximate surface area is 182 Å². The predicted octanol–water partition coefficient (Wildman–Crippen LogP) is 2.46. The van der Waals surface area contributed by atoms with Crippen molar-refractivity contribution in [3.8, 4) is 17.1 Å². The number of H-pyrrole nitrogens is 1. The molecule has 4 N–H and O–H groups in total. The van der Waals surface area contributed by atoms with Crippen LogP contribution in [0.5, 0.6) is 5.75 Å². The lowest BCUT2D eigenvalue weighted by atomic mass is 9.93. The average Bonchev–Trinajstić information content (AvgIpc) is 3.17. The number of guanidine groups is 1. The average molecular weight is 500 g/mol. The third-order valence-corrected chi connectivity index (χ3v) is 4.65. The lowest BCUT2D eigenvalue weighted by Crippen LogP contribution is -2.45. The van der Waals surface area contributed by atoms with Crippen molar-refractivity contribution in [2.75, 3.05) is 13.7 Å². The Kier molecular flexibility index (Phi) is 8.97. The number of hydrogen-bond acceptors (Lipinski definition) is 5. The predicted molar refractivity (Wildman–Crippen MR) is 120 cm³/mol. The Morgan fingerprint density at radius 3 is 2.61 bits per heavy atom. The summed E-state index contributed by atoms with van der Waals surface area (Å²) in [6.07, 6.45) is 3.42. The first-order chi connectivity index (χ1) is 13.2. The van der Waals surface area contributed by atoms with E-state index >= 15 is 0 Å². The first kappa shape index (κ1) is 22.4. The molecule has 0 radical (unpaired) electrons. The molecule has 0 aliphatic heterocycles. The molecule has 0 spiro atoms. The van der Waals surface area contributed by atoms with E-state index in [4.69, 9.17) is 4.74 Å². The quantitative estimate of drug-likeness (QED) is 0.276. The van der Waals surface area contributed by atoms with Crippen molar-refractivity contribution in [2.24, 2.45) is 4.99 Å². The molecule has 2 aromatic rings. The highest BCUT2D eigenvalue weighted by Crippen LogP contribution is 2.19. The zero-order valence-corrected chi connectivity index (χ0v) is 18.6. The number of aliphatic hydroxyl groups is 1. The maximum Gasteiger partial charge on any atom is 0.191 e. The monoisotopic (exact) mass is 500 g/mol. The summed E-state index contributed by atoms with van der Waals surface area (Å²) >= 11 is 0. The largest absolute Gasteiger partial charge is 0.497 e. The fourth-order valence-corrected chi connectivity index (χ4v) is 3.12. The summed E-state index contributed by atoms with van der Waals surface area (Å²) < 4.78 is 5.17. The lowest BCUT2D eigenvalue weighted by Gasteiger charge is -2.27. The van der Waals surface area contributed by atoms with E-state index in [1.54, 1.807) is 7.11 Å². The van der Waals surface area contributed by atoms with Gasteiger partial charge in [-0.25, -0.2) is 9.98 Å². The lowest BCUT2D eigenvalue weighted by molar-refractivity contribution is 0.120. The van der Waals surface area contributed by atoms with E-state index < -0.39 is 0 Å². The summed E-state index contributed by atoms with van der Waals surface area (Å²) in [5.74, 6) is 2.91. The number of rotatable bonds is 6. The molecule has 0 unspecified atom stereocenters. The first-order valence-corrected chi connectivity index (χ1v) is 9.46. The summed E-state index contributed by atoms with van der Waals surface area (Å²) in [6, 6.07) is 7.97. The van der Waals surface area contributed by atoms with Crippen LogP contribution in [0.1, 0.15) is 38.4 Å². The first-order valence-electron chi connectivity index (χ1n) is 9.46. The second-order valence-corrected chi connectivity index (χ2v) is 6.68. The summed E-state index contributed by atoms with van der Waals surface area (Å²) in [6.45, 7) is 3.24. The van der Waals surface area contributed by atoms with Crippen molar-refractivity contribution < 1.29 is 9.84 Å². The smallest absolute Gasteiger partial charge is 0.191 e. The number of aliphatic hydroxyl groups excluding tert-OH is 1. The van der Waals surface area contributed by atoms with Gasteiger partial charge in [-0.05, 0) is 56.9 Å². The zero-order valence-electron chi connectivity index (χ0n) is 16.3. The molecule has 0 bridgehead atoms. The highest BCUT2D eigenvalue weighted by molar-refractivity contribution is 14.0. The third-order valence-electron chi connectivity index (χ3n) is 4.65. The number of aromatic amines is 1. The van der Waals surface area contributed by atoms with Gasteiger partial charge in [-0.2, -0.15) is 5.10 Å². The minimum absolute atomic E-state index is 0. The van der Waals surface area contributed by atoms with Crippen molar-refractivity contribution in [1.29, 1.82) is 0 Å². The maximum atomic E-state index is 9.64. The van der Waals surface area contributed by atoms with Crippen LogP contribution in [-0.4, -0.2) is 52.0 Å². The van der Waals surface area contributed by atoms with E-state index in [1.807, 2.05) is 31.2 Å². The van der Waals surface area contributed by atoms with Gasteiger partial charge in [0.05, 0.1) is 13.2 Å². The number of ether oxygens (including phenoxy) is 1. The molecule has 28 heavy (non-hydrogen) atoms. The van der Waals surface area contributed by atoms with Crippen LogP contribution >= 0.6 is 24.0 Å². The molecule has 1 aliphatic rings. The second kappa shape index (κ2) is 11.2. The molecule has 1 aromatic carbocycles. The zero-order chi connectivity index (χ0) is 19.1. The number of nitrogens with zero attached hydrogens (tertiary/aromatic N) is 3. The normalized spacial score (nSPS) is 19.6. The summed E-state index contributed by atoms with van der Waals surface area (Å²) in [5.41, 5.74) is 0.924. The van der Waals surface area contributed by atoms with E-state index in [1.165, 1.54) is 0 Å². The van der Waals surface area contributed by atoms with Crippen LogP contribution in [0.25, 0.3) is 11.4 Å². The van der Waals surface area contributed by atoms with Gasteiger partial charge in [0.15, 0.2) is 11.8 Å². The van der Waals surface area contributed by atoms with Crippen molar-refractivity contribution in [1.82, 2.24) is 25.8 Å². The molecule has 1 aromatic heterocycles. The fraction of sp³-hybridized carbons (Fsp3) is 0.526. The van der Waals surface area contributed by atoms with Crippen LogP contribution in [-0.2, 0) is 6.54 Å².